The van der Waals surface area contributed by atoms with Gasteiger partial charge in [0.05, 0.1) is 4.90 Å². The van der Waals surface area contributed by atoms with E-state index in [-0.39, 0.29) is 29.2 Å². The lowest BCUT2D eigenvalue weighted by atomic mass is 10.1. The Balaban J connectivity index is 1.79. The van der Waals surface area contributed by atoms with E-state index in [4.69, 9.17) is 0 Å². The number of aliphatic imine (C=N–C) groups is 1. The van der Waals surface area contributed by atoms with Crippen molar-refractivity contribution in [3.05, 3.63) is 65.7 Å². The lowest BCUT2D eigenvalue weighted by Crippen LogP contribution is -2.39. The van der Waals surface area contributed by atoms with Gasteiger partial charge in [0.25, 0.3) is 10.0 Å². The molecule has 0 radical (unpaired) electrons. The summed E-state index contributed by atoms with van der Waals surface area (Å²) in [6.07, 6.45) is 0.824. The Kier molecular flexibility index (Phi) is 5.60. The van der Waals surface area contributed by atoms with Crippen molar-refractivity contribution in [3.63, 3.8) is 0 Å². The summed E-state index contributed by atoms with van der Waals surface area (Å²) in [6, 6.07) is 16.5. The molecular weight excluding hydrogens is 362 g/mol. The molecule has 2 aromatic carbocycles. The molecule has 0 saturated carbocycles. The highest BCUT2D eigenvalue weighted by molar-refractivity contribution is 7.90. The van der Waals surface area contributed by atoms with Gasteiger partial charge in [-0.05, 0) is 31.0 Å². The first-order chi connectivity index (χ1) is 12.9. The molecule has 1 unspecified atom stereocenters. The zero-order valence-electron chi connectivity index (χ0n) is 15.4. The van der Waals surface area contributed by atoms with E-state index in [1.165, 1.54) is 6.07 Å². The normalized spacial score (nSPS) is 17.2. The zero-order chi connectivity index (χ0) is 19.4. The van der Waals surface area contributed by atoms with Crippen LogP contribution in [0, 0.1) is 0 Å². The summed E-state index contributed by atoms with van der Waals surface area (Å²) in [5.74, 6) is 0.0899. The van der Waals surface area contributed by atoms with E-state index in [9.17, 15) is 13.2 Å². The highest BCUT2D eigenvalue weighted by Crippen LogP contribution is 2.22. The minimum atomic E-state index is -3.60. The van der Waals surface area contributed by atoms with Crippen molar-refractivity contribution in [1.82, 2.24) is 9.62 Å². The number of benzene rings is 2. The summed E-state index contributed by atoms with van der Waals surface area (Å²) in [5, 5.41) is 0. The van der Waals surface area contributed by atoms with Gasteiger partial charge in [0.15, 0.2) is 0 Å². The minimum Gasteiger partial charge on any atom is -0.334 e. The number of rotatable bonds is 6. The van der Waals surface area contributed by atoms with Crippen LogP contribution in [-0.4, -0.2) is 37.6 Å². The second kappa shape index (κ2) is 7.92. The molecule has 0 aromatic heterocycles. The maximum atomic E-state index is 12.8. The lowest BCUT2D eigenvalue weighted by Gasteiger charge is -2.28. The predicted octanol–water partition coefficient (Wildman–Crippen LogP) is 2.55. The van der Waals surface area contributed by atoms with Crippen LogP contribution in [0.1, 0.15) is 31.4 Å². The van der Waals surface area contributed by atoms with Crippen LogP contribution >= 0.6 is 0 Å². The largest absolute Gasteiger partial charge is 0.334 e. The molecule has 1 aliphatic heterocycles. The number of nitrogens with one attached hydrogen (secondary N) is 1. The minimum absolute atomic E-state index is 0.0606. The van der Waals surface area contributed by atoms with Crippen molar-refractivity contribution < 1.29 is 13.2 Å². The molecule has 0 aliphatic carbocycles. The molecule has 1 amide bonds. The van der Waals surface area contributed by atoms with E-state index < -0.39 is 10.0 Å². The Morgan fingerprint density at radius 3 is 2.48 bits per heavy atom. The number of carbonyl (C=O) groups is 1. The van der Waals surface area contributed by atoms with Gasteiger partial charge in [0.2, 0.25) is 5.91 Å². The molecule has 7 heteroatoms. The topological polar surface area (TPSA) is 78.8 Å². The third-order valence-corrected chi connectivity index (χ3v) is 6.07. The van der Waals surface area contributed by atoms with Crippen molar-refractivity contribution in [2.45, 2.75) is 37.8 Å². The summed E-state index contributed by atoms with van der Waals surface area (Å²) >= 11 is 0. The molecule has 0 fully saturated rings. The number of fused-ring (bicyclic) bond motifs is 1. The van der Waals surface area contributed by atoms with Crippen molar-refractivity contribution in [3.8, 4) is 0 Å². The van der Waals surface area contributed by atoms with E-state index in [1.54, 1.807) is 23.1 Å². The Labute approximate surface area is 160 Å². The fourth-order valence-corrected chi connectivity index (χ4v) is 4.23. The number of carbonyl (C=O) groups excluding carboxylic acids is 1. The summed E-state index contributed by atoms with van der Waals surface area (Å²) in [7, 11) is -3.60. The molecule has 0 spiro atoms. The van der Waals surface area contributed by atoms with Gasteiger partial charge in [-0.25, -0.2) is 8.42 Å². The van der Waals surface area contributed by atoms with Gasteiger partial charge in [0.1, 0.15) is 12.4 Å². The Morgan fingerprint density at radius 1 is 1.11 bits per heavy atom. The summed E-state index contributed by atoms with van der Waals surface area (Å²) in [5.41, 5.74) is 1.55. The standard InChI is InChI=1S/C20H23N3O3S/c1-3-15(2)23(14-16-9-5-4-6-10-16)19(24)13-21-20-17-11-7-8-12-18(17)27(25,26)22-20/h4-12,15H,3,13-14H2,1-2H3,(H,21,22). The van der Waals surface area contributed by atoms with Crippen LogP contribution in [0.3, 0.4) is 0 Å². The highest BCUT2D eigenvalue weighted by atomic mass is 32.2. The number of amidine groups is 1. The highest BCUT2D eigenvalue weighted by Gasteiger charge is 2.30. The third kappa shape index (κ3) is 4.19. The van der Waals surface area contributed by atoms with Gasteiger partial charge < -0.3 is 4.90 Å². The van der Waals surface area contributed by atoms with Gasteiger partial charge in [-0.15, -0.1) is 0 Å². The summed E-state index contributed by atoms with van der Waals surface area (Å²) < 4.78 is 26.7. The van der Waals surface area contributed by atoms with E-state index in [1.807, 2.05) is 44.2 Å². The van der Waals surface area contributed by atoms with Crippen LogP contribution in [0.5, 0.6) is 0 Å². The van der Waals surface area contributed by atoms with Crippen molar-refractivity contribution in [2.75, 3.05) is 6.54 Å². The number of sulfonamides is 1. The molecule has 3 rings (SSSR count). The van der Waals surface area contributed by atoms with Gasteiger partial charge >= 0.3 is 0 Å². The van der Waals surface area contributed by atoms with Crippen molar-refractivity contribution in [2.24, 2.45) is 4.99 Å². The van der Waals surface area contributed by atoms with Gasteiger partial charge in [-0.1, -0.05) is 49.4 Å². The fraction of sp³-hybridized carbons (Fsp3) is 0.300. The van der Waals surface area contributed by atoms with Crippen LogP contribution in [0.25, 0.3) is 0 Å². The van der Waals surface area contributed by atoms with Gasteiger partial charge in [0, 0.05) is 18.2 Å². The number of hydrogen-bond donors (Lipinski definition) is 1. The molecule has 0 bridgehead atoms. The second-order valence-corrected chi connectivity index (χ2v) is 8.18. The van der Waals surface area contributed by atoms with Crippen LogP contribution in [-0.2, 0) is 21.4 Å². The van der Waals surface area contributed by atoms with Crippen molar-refractivity contribution >= 4 is 21.8 Å². The molecule has 1 heterocycles. The van der Waals surface area contributed by atoms with Crippen molar-refractivity contribution in [1.29, 1.82) is 0 Å². The molecule has 1 N–H and O–H groups in total. The molecule has 1 aliphatic rings. The Bertz CT molecular complexity index is 955. The molecule has 27 heavy (non-hydrogen) atoms. The first-order valence-corrected chi connectivity index (χ1v) is 10.4. The van der Waals surface area contributed by atoms with Crippen LogP contribution in [0.4, 0.5) is 0 Å². The summed E-state index contributed by atoms with van der Waals surface area (Å²) in [6.45, 7) is 4.43. The Hall–Kier alpha value is -2.67. The molecular formula is C20H23N3O3S. The first-order valence-electron chi connectivity index (χ1n) is 8.92. The van der Waals surface area contributed by atoms with Gasteiger partial charge in [-0.2, -0.15) is 0 Å². The first kappa shape index (κ1) is 19.1. The maximum absolute atomic E-state index is 12.8. The van der Waals surface area contributed by atoms with Crippen LogP contribution < -0.4 is 4.72 Å². The van der Waals surface area contributed by atoms with E-state index >= 15 is 0 Å². The second-order valence-electron chi connectivity index (χ2n) is 6.53. The lowest BCUT2D eigenvalue weighted by molar-refractivity contribution is -0.132. The monoisotopic (exact) mass is 385 g/mol. The number of hydrogen-bond acceptors (Lipinski definition) is 4. The molecule has 142 valence electrons. The SMILES string of the molecule is CCC(C)N(Cc1ccccc1)C(=O)CN=C1NS(=O)(=O)c2ccccc21. The van der Waals surface area contributed by atoms with E-state index in [0.29, 0.717) is 12.1 Å². The maximum Gasteiger partial charge on any atom is 0.263 e. The fourth-order valence-electron chi connectivity index (χ4n) is 2.98. The van der Waals surface area contributed by atoms with E-state index in [2.05, 4.69) is 9.71 Å². The van der Waals surface area contributed by atoms with Crippen LogP contribution in [0.15, 0.2) is 64.5 Å². The quantitative estimate of drug-likeness (QED) is 0.830. The smallest absolute Gasteiger partial charge is 0.263 e. The average Bonchev–Trinajstić information content (AvgIpc) is 2.95. The number of amides is 1. The van der Waals surface area contributed by atoms with Crippen LogP contribution in [0.2, 0.25) is 0 Å². The molecule has 2 aromatic rings. The molecule has 6 nitrogen and oxygen atoms in total. The zero-order valence-corrected chi connectivity index (χ0v) is 16.2. The van der Waals surface area contributed by atoms with E-state index in [0.717, 1.165) is 12.0 Å². The average molecular weight is 385 g/mol. The predicted molar refractivity (Wildman–Crippen MR) is 105 cm³/mol. The van der Waals surface area contributed by atoms with Gasteiger partial charge in [-0.3, -0.25) is 14.5 Å². The number of nitrogens with zero attached hydrogens (tertiary/aromatic N) is 2. The molecule has 0 saturated heterocycles. The third-order valence-electron chi connectivity index (χ3n) is 4.67. The summed E-state index contributed by atoms with van der Waals surface area (Å²) in [4.78, 5) is 19.1. The Morgan fingerprint density at radius 2 is 1.78 bits per heavy atom. The molecule has 1 atom stereocenters.